The zero-order chi connectivity index (χ0) is 6.81. The van der Waals surface area contributed by atoms with Crippen molar-refractivity contribution in [3.05, 3.63) is 11.7 Å². The predicted molar refractivity (Wildman–Crippen MR) is 38.8 cm³/mol. The number of nitrogens with zero attached hydrogens (tertiary/aromatic N) is 4. The molecule has 0 spiro atoms. The van der Waals surface area contributed by atoms with Crippen LogP contribution in [0.1, 0.15) is 0 Å². The Morgan fingerprint density at radius 2 is 2.40 bits per heavy atom. The van der Waals surface area contributed by atoms with E-state index in [1.54, 1.807) is 0 Å². The molecule has 0 aliphatic heterocycles. The van der Waals surface area contributed by atoms with Gasteiger partial charge in [-0.25, -0.2) is 4.98 Å². The fourth-order valence-electron chi connectivity index (χ4n) is 0.544. The SMILES string of the molecule is c1nsc(-c2csnn2)n1. The lowest BCUT2D eigenvalue weighted by Crippen LogP contribution is -1.73. The van der Waals surface area contributed by atoms with Crippen LogP contribution in [0.2, 0.25) is 0 Å². The largest absolute Gasteiger partial charge is 0.221 e. The summed E-state index contributed by atoms with van der Waals surface area (Å²) >= 11 is 2.64. The van der Waals surface area contributed by atoms with Gasteiger partial charge < -0.3 is 0 Å². The van der Waals surface area contributed by atoms with Gasteiger partial charge >= 0.3 is 0 Å². The van der Waals surface area contributed by atoms with Crippen LogP contribution < -0.4 is 0 Å². The van der Waals surface area contributed by atoms with Gasteiger partial charge in [-0.1, -0.05) is 4.49 Å². The molecule has 2 aromatic rings. The van der Waals surface area contributed by atoms with Crippen molar-refractivity contribution in [2.24, 2.45) is 0 Å². The van der Waals surface area contributed by atoms with Gasteiger partial charge in [0.1, 0.15) is 12.0 Å². The molecule has 0 fully saturated rings. The maximum atomic E-state index is 3.97. The lowest BCUT2D eigenvalue weighted by Gasteiger charge is -1.78. The van der Waals surface area contributed by atoms with E-state index in [1.165, 1.54) is 29.4 Å². The van der Waals surface area contributed by atoms with Crippen LogP contribution in [0.3, 0.4) is 0 Å². The molecular weight excluding hydrogens is 168 g/mol. The Kier molecular flexibility index (Phi) is 1.40. The Morgan fingerprint density at radius 1 is 1.40 bits per heavy atom. The van der Waals surface area contributed by atoms with Crippen LogP contribution in [-0.4, -0.2) is 18.9 Å². The van der Waals surface area contributed by atoms with E-state index in [1.807, 2.05) is 5.38 Å². The molecular formula is C4H2N4S2. The summed E-state index contributed by atoms with van der Waals surface area (Å²) in [6, 6.07) is 0. The first-order chi connectivity index (χ1) is 4.97. The highest BCUT2D eigenvalue weighted by atomic mass is 32.1. The van der Waals surface area contributed by atoms with Gasteiger partial charge in [0.2, 0.25) is 0 Å². The Labute approximate surface area is 64.9 Å². The van der Waals surface area contributed by atoms with Crippen LogP contribution in [0, 0.1) is 0 Å². The lowest BCUT2D eigenvalue weighted by atomic mass is 10.5. The lowest BCUT2D eigenvalue weighted by molar-refractivity contribution is 1.15. The normalized spacial score (nSPS) is 10.0. The summed E-state index contributed by atoms with van der Waals surface area (Å²) in [6.45, 7) is 0. The van der Waals surface area contributed by atoms with Crippen molar-refractivity contribution >= 4 is 23.1 Å². The molecule has 2 rings (SSSR count). The second-order valence-electron chi connectivity index (χ2n) is 1.54. The molecule has 0 saturated carbocycles. The molecule has 0 unspecified atom stereocenters. The monoisotopic (exact) mass is 170 g/mol. The van der Waals surface area contributed by atoms with E-state index in [4.69, 9.17) is 0 Å². The summed E-state index contributed by atoms with van der Waals surface area (Å²) in [5.41, 5.74) is 0.813. The third kappa shape index (κ3) is 0.910. The molecule has 0 amide bonds. The predicted octanol–water partition coefficient (Wildman–Crippen LogP) is 1.06. The molecule has 0 aliphatic carbocycles. The van der Waals surface area contributed by atoms with Gasteiger partial charge in [-0.05, 0) is 23.1 Å². The van der Waals surface area contributed by atoms with E-state index >= 15 is 0 Å². The topological polar surface area (TPSA) is 51.6 Å². The molecule has 0 radical (unpaired) electrons. The molecule has 6 heteroatoms. The molecule has 2 heterocycles. The molecule has 0 atom stereocenters. The molecule has 2 aromatic heterocycles. The third-order valence-corrected chi connectivity index (χ3v) is 2.13. The van der Waals surface area contributed by atoms with Crippen molar-refractivity contribution in [2.45, 2.75) is 0 Å². The minimum Gasteiger partial charge on any atom is -0.221 e. The Balaban J connectivity index is 2.48. The van der Waals surface area contributed by atoms with Gasteiger partial charge in [-0.2, -0.15) is 4.37 Å². The summed E-state index contributed by atoms with van der Waals surface area (Å²) in [6.07, 6.45) is 1.51. The summed E-state index contributed by atoms with van der Waals surface area (Å²) in [5.74, 6) is 0. The van der Waals surface area contributed by atoms with E-state index in [2.05, 4.69) is 18.9 Å². The van der Waals surface area contributed by atoms with Crippen LogP contribution in [0.4, 0.5) is 0 Å². The van der Waals surface area contributed by atoms with Crippen LogP contribution in [0.15, 0.2) is 11.7 Å². The van der Waals surface area contributed by atoms with E-state index in [9.17, 15) is 0 Å². The van der Waals surface area contributed by atoms with Gasteiger partial charge in [-0.15, -0.1) is 5.10 Å². The van der Waals surface area contributed by atoms with E-state index in [0.717, 1.165) is 10.7 Å². The average molecular weight is 170 g/mol. The summed E-state index contributed by atoms with van der Waals surface area (Å²) < 4.78 is 7.55. The Morgan fingerprint density at radius 3 is 3.00 bits per heavy atom. The molecule has 4 nitrogen and oxygen atoms in total. The van der Waals surface area contributed by atoms with Crippen molar-refractivity contribution in [2.75, 3.05) is 0 Å². The van der Waals surface area contributed by atoms with Crippen molar-refractivity contribution < 1.29 is 0 Å². The highest BCUT2D eigenvalue weighted by Crippen LogP contribution is 2.16. The highest BCUT2D eigenvalue weighted by molar-refractivity contribution is 7.09. The van der Waals surface area contributed by atoms with Gasteiger partial charge in [0.05, 0.1) is 0 Å². The maximum absolute atomic E-state index is 3.97. The highest BCUT2D eigenvalue weighted by Gasteiger charge is 2.02. The molecule has 0 N–H and O–H groups in total. The molecule has 0 aliphatic rings. The molecule has 0 saturated heterocycles. The zero-order valence-electron chi connectivity index (χ0n) is 4.76. The molecule has 0 bridgehead atoms. The quantitative estimate of drug-likeness (QED) is 0.642. The Hall–Kier alpha value is -0.880. The first-order valence-electron chi connectivity index (χ1n) is 2.51. The number of rotatable bonds is 1. The van der Waals surface area contributed by atoms with Gasteiger partial charge in [0, 0.05) is 5.38 Å². The van der Waals surface area contributed by atoms with Crippen LogP contribution in [0.5, 0.6) is 0 Å². The smallest absolute Gasteiger partial charge is 0.164 e. The van der Waals surface area contributed by atoms with E-state index < -0.39 is 0 Å². The first-order valence-corrected chi connectivity index (χ1v) is 4.12. The maximum Gasteiger partial charge on any atom is 0.164 e. The Bertz CT molecular complexity index is 255. The van der Waals surface area contributed by atoms with Crippen LogP contribution >= 0.6 is 23.1 Å². The standard InChI is InChI=1S/C4H2N4S2/c1-3(7-8-9-1)4-5-2-6-10-4/h1-2H. The van der Waals surface area contributed by atoms with E-state index in [0.29, 0.717) is 0 Å². The molecule has 50 valence electrons. The number of hydrogen-bond donors (Lipinski definition) is 0. The first kappa shape index (κ1) is 5.87. The van der Waals surface area contributed by atoms with Gasteiger partial charge in [0.15, 0.2) is 5.01 Å². The van der Waals surface area contributed by atoms with Crippen molar-refractivity contribution in [3.8, 4) is 10.7 Å². The van der Waals surface area contributed by atoms with Crippen molar-refractivity contribution in [3.63, 3.8) is 0 Å². The van der Waals surface area contributed by atoms with Gasteiger partial charge in [-0.3, -0.25) is 0 Å². The second kappa shape index (κ2) is 2.39. The van der Waals surface area contributed by atoms with E-state index in [-0.39, 0.29) is 0 Å². The second-order valence-corrected chi connectivity index (χ2v) is 2.93. The number of aromatic nitrogens is 4. The average Bonchev–Trinajstić information content (AvgIpc) is 2.59. The molecule has 10 heavy (non-hydrogen) atoms. The zero-order valence-corrected chi connectivity index (χ0v) is 6.39. The minimum absolute atomic E-state index is 0.813. The van der Waals surface area contributed by atoms with Crippen LogP contribution in [0.25, 0.3) is 10.7 Å². The molecule has 0 aromatic carbocycles. The van der Waals surface area contributed by atoms with Crippen molar-refractivity contribution in [1.82, 2.24) is 18.9 Å². The summed E-state index contributed by atoms with van der Waals surface area (Å²) in [5, 5.41) is 6.51. The summed E-state index contributed by atoms with van der Waals surface area (Å²) in [4.78, 5) is 3.97. The fourth-order valence-corrected chi connectivity index (χ4v) is 1.54. The fraction of sp³-hybridized carbons (Fsp3) is 0. The number of hydrogen-bond acceptors (Lipinski definition) is 6. The third-order valence-electron chi connectivity index (χ3n) is 0.940. The summed E-state index contributed by atoms with van der Waals surface area (Å²) in [7, 11) is 0. The van der Waals surface area contributed by atoms with Gasteiger partial charge in [0.25, 0.3) is 0 Å². The minimum atomic E-state index is 0.813. The van der Waals surface area contributed by atoms with Crippen LogP contribution in [-0.2, 0) is 0 Å². The van der Waals surface area contributed by atoms with Crippen molar-refractivity contribution in [1.29, 1.82) is 0 Å².